The third-order valence-electron chi connectivity index (χ3n) is 3.68. The monoisotopic (exact) mass is 255 g/mol. The predicted octanol–water partition coefficient (Wildman–Crippen LogP) is 2.84. The molecule has 3 nitrogen and oxygen atoms in total. The van der Waals surface area contributed by atoms with Gasteiger partial charge in [-0.3, -0.25) is 4.79 Å². The number of hydrogen-bond donors (Lipinski definition) is 0. The SMILES string of the molecule is O=C(Cc1ccccc1)N1CCC(c2ccco2)C1. The molecule has 1 saturated heterocycles. The van der Waals surface area contributed by atoms with Crippen molar-refractivity contribution in [1.29, 1.82) is 0 Å². The fourth-order valence-electron chi connectivity index (χ4n) is 2.62. The first-order valence-corrected chi connectivity index (χ1v) is 6.68. The lowest BCUT2D eigenvalue weighted by Crippen LogP contribution is -2.29. The minimum absolute atomic E-state index is 0.209. The second-order valence-electron chi connectivity index (χ2n) is 5.00. The van der Waals surface area contributed by atoms with E-state index in [0.717, 1.165) is 30.8 Å². The Hall–Kier alpha value is -2.03. The second kappa shape index (κ2) is 5.31. The Kier molecular flexibility index (Phi) is 3.36. The first-order chi connectivity index (χ1) is 9.33. The Morgan fingerprint density at radius 2 is 2.05 bits per heavy atom. The zero-order chi connectivity index (χ0) is 13.1. The molecule has 1 aliphatic rings. The van der Waals surface area contributed by atoms with Crippen LogP contribution < -0.4 is 0 Å². The van der Waals surface area contributed by atoms with Crippen LogP contribution in [-0.2, 0) is 11.2 Å². The minimum Gasteiger partial charge on any atom is -0.469 e. The van der Waals surface area contributed by atoms with Gasteiger partial charge in [-0.15, -0.1) is 0 Å². The van der Waals surface area contributed by atoms with Gasteiger partial charge in [0.1, 0.15) is 5.76 Å². The number of rotatable bonds is 3. The number of likely N-dealkylation sites (tertiary alicyclic amines) is 1. The molecule has 1 fully saturated rings. The van der Waals surface area contributed by atoms with E-state index in [1.807, 2.05) is 47.4 Å². The van der Waals surface area contributed by atoms with Gasteiger partial charge in [0, 0.05) is 19.0 Å². The van der Waals surface area contributed by atoms with Gasteiger partial charge in [0.2, 0.25) is 5.91 Å². The third-order valence-corrected chi connectivity index (χ3v) is 3.68. The zero-order valence-corrected chi connectivity index (χ0v) is 10.8. The Labute approximate surface area is 112 Å². The lowest BCUT2D eigenvalue weighted by atomic mass is 10.1. The van der Waals surface area contributed by atoms with Gasteiger partial charge >= 0.3 is 0 Å². The Bertz CT molecular complexity index is 533. The molecule has 1 aliphatic heterocycles. The van der Waals surface area contributed by atoms with Crippen molar-refractivity contribution < 1.29 is 9.21 Å². The average Bonchev–Trinajstić information content (AvgIpc) is 3.11. The average molecular weight is 255 g/mol. The number of hydrogen-bond acceptors (Lipinski definition) is 2. The highest BCUT2D eigenvalue weighted by atomic mass is 16.3. The molecule has 19 heavy (non-hydrogen) atoms. The van der Waals surface area contributed by atoms with E-state index < -0.39 is 0 Å². The van der Waals surface area contributed by atoms with Crippen molar-refractivity contribution in [3.63, 3.8) is 0 Å². The number of amides is 1. The fraction of sp³-hybridized carbons (Fsp3) is 0.312. The lowest BCUT2D eigenvalue weighted by molar-refractivity contribution is -0.129. The van der Waals surface area contributed by atoms with Crippen molar-refractivity contribution in [1.82, 2.24) is 4.90 Å². The number of furan rings is 1. The van der Waals surface area contributed by atoms with Crippen molar-refractivity contribution in [3.05, 3.63) is 60.1 Å². The van der Waals surface area contributed by atoms with E-state index in [1.165, 1.54) is 0 Å². The highest BCUT2D eigenvalue weighted by molar-refractivity contribution is 5.79. The van der Waals surface area contributed by atoms with E-state index in [9.17, 15) is 4.79 Å². The smallest absolute Gasteiger partial charge is 0.227 e. The van der Waals surface area contributed by atoms with Gasteiger partial charge in [0.25, 0.3) is 0 Å². The quantitative estimate of drug-likeness (QED) is 0.845. The molecule has 1 aromatic carbocycles. The molecule has 0 radical (unpaired) electrons. The lowest BCUT2D eigenvalue weighted by Gasteiger charge is -2.16. The van der Waals surface area contributed by atoms with Crippen molar-refractivity contribution in [2.45, 2.75) is 18.8 Å². The third kappa shape index (κ3) is 2.70. The van der Waals surface area contributed by atoms with E-state index in [1.54, 1.807) is 6.26 Å². The molecular weight excluding hydrogens is 238 g/mol. The first kappa shape index (κ1) is 12.0. The highest BCUT2D eigenvalue weighted by Crippen LogP contribution is 2.27. The molecule has 3 heteroatoms. The highest BCUT2D eigenvalue weighted by Gasteiger charge is 2.28. The summed E-state index contributed by atoms with van der Waals surface area (Å²) in [6.07, 6.45) is 3.18. The maximum atomic E-state index is 12.2. The summed E-state index contributed by atoms with van der Waals surface area (Å²) < 4.78 is 5.43. The van der Waals surface area contributed by atoms with Crippen LogP contribution in [0.1, 0.15) is 23.7 Å². The summed E-state index contributed by atoms with van der Waals surface area (Å²) in [5.74, 6) is 1.56. The summed E-state index contributed by atoms with van der Waals surface area (Å²) >= 11 is 0. The van der Waals surface area contributed by atoms with Crippen molar-refractivity contribution in [2.24, 2.45) is 0 Å². The van der Waals surface area contributed by atoms with Gasteiger partial charge < -0.3 is 9.32 Å². The van der Waals surface area contributed by atoms with Gasteiger partial charge in [-0.25, -0.2) is 0 Å². The number of benzene rings is 1. The summed E-state index contributed by atoms with van der Waals surface area (Å²) in [7, 11) is 0. The van der Waals surface area contributed by atoms with Crippen LogP contribution in [0.4, 0.5) is 0 Å². The first-order valence-electron chi connectivity index (χ1n) is 6.68. The van der Waals surface area contributed by atoms with Crippen molar-refractivity contribution in [3.8, 4) is 0 Å². The Balaban J connectivity index is 1.60. The van der Waals surface area contributed by atoms with Gasteiger partial charge in [0.05, 0.1) is 12.7 Å². The Morgan fingerprint density at radius 3 is 2.79 bits per heavy atom. The summed E-state index contributed by atoms with van der Waals surface area (Å²) in [6.45, 7) is 1.61. The van der Waals surface area contributed by atoms with E-state index in [0.29, 0.717) is 12.3 Å². The van der Waals surface area contributed by atoms with E-state index in [4.69, 9.17) is 4.42 Å². The van der Waals surface area contributed by atoms with E-state index >= 15 is 0 Å². The normalized spacial score (nSPS) is 18.7. The maximum absolute atomic E-state index is 12.2. The molecule has 2 heterocycles. The maximum Gasteiger partial charge on any atom is 0.227 e. The topological polar surface area (TPSA) is 33.5 Å². The largest absolute Gasteiger partial charge is 0.469 e. The molecule has 3 rings (SSSR count). The molecule has 0 spiro atoms. The number of carbonyl (C=O) groups is 1. The predicted molar refractivity (Wildman–Crippen MR) is 72.8 cm³/mol. The van der Waals surface area contributed by atoms with Gasteiger partial charge in [-0.05, 0) is 24.1 Å². The molecule has 0 saturated carbocycles. The van der Waals surface area contributed by atoms with Gasteiger partial charge in [0.15, 0.2) is 0 Å². The van der Waals surface area contributed by atoms with E-state index in [2.05, 4.69) is 0 Å². The van der Waals surface area contributed by atoms with E-state index in [-0.39, 0.29) is 5.91 Å². The molecule has 1 amide bonds. The molecule has 0 aliphatic carbocycles. The standard InChI is InChI=1S/C16H17NO2/c18-16(11-13-5-2-1-3-6-13)17-9-8-14(12-17)15-7-4-10-19-15/h1-7,10,14H,8-9,11-12H2. The molecule has 1 atom stereocenters. The summed E-state index contributed by atoms with van der Waals surface area (Å²) in [4.78, 5) is 14.2. The van der Waals surface area contributed by atoms with Crippen LogP contribution in [0.2, 0.25) is 0 Å². The van der Waals surface area contributed by atoms with Gasteiger partial charge in [-0.1, -0.05) is 30.3 Å². The minimum atomic E-state index is 0.209. The molecule has 2 aromatic rings. The molecule has 1 aromatic heterocycles. The summed E-state index contributed by atoms with van der Waals surface area (Å²) in [6, 6.07) is 13.8. The number of carbonyl (C=O) groups excluding carboxylic acids is 1. The summed E-state index contributed by atoms with van der Waals surface area (Å²) in [5, 5.41) is 0. The molecule has 0 N–H and O–H groups in total. The van der Waals surface area contributed by atoms with Crippen LogP contribution in [-0.4, -0.2) is 23.9 Å². The molecule has 98 valence electrons. The Morgan fingerprint density at radius 1 is 1.21 bits per heavy atom. The molecular formula is C16H17NO2. The zero-order valence-electron chi connectivity index (χ0n) is 10.8. The van der Waals surface area contributed by atoms with Crippen LogP contribution in [0.5, 0.6) is 0 Å². The molecule has 1 unspecified atom stereocenters. The van der Waals surface area contributed by atoms with Crippen molar-refractivity contribution in [2.75, 3.05) is 13.1 Å². The van der Waals surface area contributed by atoms with Crippen molar-refractivity contribution >= 4 is 5.91 Å². The van der Waals surface area contributed by atoms with Gasteiger partial charge in [-0.2, -0.15) is 0 Å². The second-order valence-corrected chi connectivity index (χ2v) is 5.00. The summed E-state index contributed by atoms with van der Waals surface area (Å²) in [5.41, 5.74) is 1.08. The molecule has 0 bridgehead atoms. The fourth-order valence-corrected chi connectivity index (χ4v) is 2.62. The van der Waals surface area contributed by atoms with Crippen LogP contribution >= 0.6 is 0 Å². The van der Waals surface area contributed by atoms with Crippen LogP contribution in [0.15, 0.2) is 53.1 Å². The van der Waals surface area contributed by atoms with Crippen LogP contribution in [0.25, 0.3) is 0 Å². The van der Waals surface area contributed by atoms with Crippen LogP contribution in [0, 0.1) is 0 Å². The van der Waals surface area contributed by atoms with Crippen LogP contribution in [0.3, 0.4) is 0 Å². The number of nitrogens with zero attached hydrogens (tertiary/aromatic N) is 1.